The number of ether oxygens (including phenoxy) is 1. The highest BCUT2D eigenvalue weighted by Crippen LogP contribution is 2.35. The molecule has 2 atom stereocenters. The zero-order valence-electron chi connectivity index (χ0n) is 16.8. The van der Waals surface area contributed by atoms with Crippen molar-refractivity contribution in [3.8, 4) is 0 Å². The molecule has 5 nitrogen and oxygen atoms in total. The highest BCUT2D eigenvalue weighted by Gasteiger charge is 2.38. The van der Waals surface area contributed by atoms with Gasteiger partial charge in [0.05, 0.1) is 12.1 Å². The van der Waals surface area contributed by atoms with Crippen LogP contribution in [0.25, 0.3) is 0 Å². The lowest BCUT2D eigenvalue weighted by Gasteiger charge is -2.37. The number of hydrogen-bond acceptors (Lipinski definition) is 4. The van der Waals surface area contributed by atoms with E-state index in [0.717, 1.165) is 38.8 Å². The van der Waals surface area contributed by atoms with Gasteiger partial charge in [0, 0.05) is 18.8 Å². The molecule has 3 heterocycles. The van der Waals surface area contributed by atoms with E-state index in [1.165, 1.54) is 22.4 Å². The van der Waals surface area contributed by atoms with Crippen LogP contribution in [0.3, 0.4) is 0 Å². The van der Waals surface area contributed by atoms with Crippen molar-refractivity contribution in [2.45, 2.75) is 78.0 Å². The molecule has 1 amide bonds. The Morgan fingerprint density at radius 3 is 2.73 bits per heavy atom. The lowest BCUT2D eigenvalue weighted by atomic mass is 9.87. The second-order valence-corrected chi connectivity index (χ2v) is 8.56. The molecule has 0 unspecified atom stereocenters. The van der Waals surface area contributed by atoms with E-state index in [2.05, 4.69) is 36.8 Å². The molecule has 1 saturated heterocycles. The summed E-state index contributed by atoms with van der Waals surface area (Å²) in [6.45, 7) is 11.8. The van der Waals surface area contributed by atoms with Crippen LogP contribution in [-0.4, -0.2) is 41.8 Å². The Hall–Kier alpha value is -1.91. The Balaban J connectivity index is 1.82. The van der Waals surface area contributed by atoms with Crippen LogP contribution in [0.5, 0.6) is 0 Å². The third-order valence-electron chi connectivity index (χ3n) is 5.20. The summed E-state index contributed by atoms with van der Waals surface area (Å²) in [5.41, 5.74) is 4.92. The van der Waals surface area contributed by atoms with Crippen LogP contribution in [-0.2, 0) is 4.74 Å². The first-order valence-corrected chi connectivity index (χ1v) is 9.88. The summed E-state index contributed by atoms with van der Waals surface area (Å²) < 4.78 is 5.66. The minimum absolute atomic E-state index is 0.132. The van der Waals surface area contributed by atoms with Gasteiger partial charge in [0.15, 0.2) is 0 Å². The quantitative estimate of drug-likeness (QED) is 0.801. The zero-order valence-corrected chi connectivity index (χ0v) is 16.8. The molecule has 2 N–H and O–H groups in total. The summed E-state index contributed by atoms with van der Waals surface area (Å²) in [5, 5.41) is 6.99. The molecule has 0 spiro atoms. The van der Waals surface area contributed by atoms with Crippen molar-refractivity contribution in [1.82, 2.24) is 15.5 Å². The number of rotatable bonds is 4. The minimum atomic E-state index is -0.460. The average Bonchev–Trinajstić information content (AvgIpc) is 3.13. The summed E-state index contributed by atoms with van der Waals surface area (Å²) in [7, 11) is 0. The topological polar surface area (TPSA) is 53.6 Å². The third kappa shape index (κ3) is 3.92. The van der Waals surface area contributed by atoms with Crippen molar-refractivity contribution in [2.75, 3.05) is 13.1 Å². The number of allylic oxidation sites excluding steroid dienone is 1. The van der Waals surface area contributed by atoms with Crippen molar-refractivity contribution in [1.29, 1.82) is 0 Å². The van der Waals surface area contributed by atoms with E-state index in [9.17, 15) is 4.79 Å². The normalized spacial score (nSPS) is 26.3. The molecular formula is C21H33N3O2. The summed E-state index contributed by atoms with van der Waals surface area (Å²) in [6.07, 6.45) is 8.29. The Kier molecular flexibility index (Phi) is 5.35. The number of likely N-dealkylation sites (tertiary alicyclic amines) is 1. The molecule has 0 aliphatic carbocycles. The molecule has 0 aromatic carbocycles. The molecule has 26 heavy (non-hydrogen) atoms. The van der Waals surface area contributed by atoms with Crippen LogP contribution in [0.15, 0.2) is 34.7 Å². The van der Waals surface area contributed by atoms with Crippen LogP contribution < -0.4 is 10.6 Å². The SMILES string of the molecule is CC/C=C(\C1=C([C@H]2CC(C)=CN2)NC1)[C@@H]1CCCN1C(=O)OC(C)(C)C. The Bertz CT molecular complexity index is 655. The van der Waals surface area contributed by atoms with Gasteiger partial charge < -0.3 is 20.3 Å². The van der Waals surface area contributed by atoms with Gasteiger partial charge in [-0.1, -0.05) is 18.6 Å². The third-order valence-corrected chi connectivity index (χ3v) is 5.20. The fourth-order valence-electron chi connectivity index (χ4n) is 4.05. The maximum atomic E-state index is 12.7. The molecule has 0 bridgehead atoms. The molecule has 0 aromatic heterocycles. The average molecular weight is 360 g/mol. The van der Waals surface area contributed by atoms with E-state index >= 15 is 0 Å². The second-order valence-electron chi connectivity index (χ2n) is 8.56. The van der Waals surface area contributed by atoms with Crippen LogP contribution in [0.2, 0.25) is 0 Å². The lowest BCUT2D eigenvalue weighted by Crippen LogP contribution is -2.46. The zero-order chi connectivity index (χ0) is 18.9. The van der Waals surface area contributed by atoms with E-state index in [1.807, 2.05) is 25.7 Å². The number of nitrogens with one attached hydrogen (secondary N) is 2. The van der Waals surface area contributed by atoms with E-state index in [-0.39, 0.29) is 12.1 Å². The van der Waals surface area contributed by atoms with Crippen LogP contribution in [0.1, 0.15) is 60.3 Å². The first-order valence-electron chi connectivity index (χ1n) is 9.88. The fraction of sp³-hybridized carbons (Fsp3) is 0.667. The van der Waals surface area contributed by atoms with E-state index < -0.39 is 5.60 Å². The number of nitrogens with zero attached hydrogens (tertiary/aromatic N) is 1. The maximum Gasteiger partial charge on any atom is 0.410 e. The summed E-state index contributed by atoms with van der Waals surface area (Å²) >= 11 is 0. The van der Waals surface area contributed by atoms with Gasteiger partial charge in [0.1, 0.15) is 5.60 Å². The number of hydrogen-bond donors (Lipinski definition) is 2. The van der Waals surface area contributed by atoms with E-state index in [0.29, 0.717) is 6.04 Å². The molecule has 3 aliphatic heterocycles. The highest BCUT2D eigenvalue weighted by atomic mass is 16.6. The van der Waals surface area contributed by atoms with Gasteiger partial charge in [-0.15, -0.1) is 0 Å². The number of amides is 1. The van der Waals surface area contributed by atoms with Gasteiger partial charge in [-0.3, -0.25) is 0 Å². The van der Waals surface area contributed by atoms with Gasteiger partial charge in [0.2, 0.25) is 0 Å². The monoisotopic (exact) mass is 359 g/mol. The number of carbonyl (C=O) groups is 1. The summed E-state index contributed by atoms with van der Waals surface area (Å²) in [5.74, 6) is 0. The first-order chi connectivity index (χ1) is 12.3. The largest absolute Gasteiger partial charge is 0.444 e. The lowest BCUT2D eigenvalue weighted by molar-refractivity contribution is 0.0249. The van der Waals surface area contributed by atoms with E-state index in [1.54, 1.807) is 0 Å². The Morgan fingerprint density at radius 2 is 2.19 bits per heavy atom. The van der Waals surface area contributed by atoms with Crippen molar-refractivity contribution >= 4 is 6.09 Å². The van der Waals surface area contributed by atoms with Crippen LogP contribution >= 0.6 is 0 Å². The van der Waals surface area contributed by atoms with Gasteiger partial charge >= 0.3 is 6.09 Å². The predicted octanol–water partition coefficient (Wildman–Crippen LogP) is 3.85. The smallest absolute Gasteiger partial charge is 0.410 e. The molecule has 1 fully saturated rings. The van der Waals surface area contributed by atoms with Crippen molar-refractivity contribution in [3.05, 3.63) is 34.7 Å². The molecule has 0 aromatic rings. The molecule has 144 valence electrons. The minimum Gasteiger partial charge on any atom is -0.444 e. The first kappa shape index (κ1) is 18.9. The van der Waals surface area contributed by atoms with Gasteiger partial charge in [-0.05, 0) is 70.7 Å². The molecule has 3 rings (SSSR count). The van der Waals surface area contributed by atoms with Gasteiger partial charge in [0.25, 0.3) is 0 Å². The van der Waals surface area contributed by atoms with Crippen molar-refractivity contribution in [2.24, 2.45) is 0 Å². The summed E-state index contributed by atoms with van der Waals surface area (Å²) in [4.78, 5) is 14.6. The molecular weight excluding hydrogens is 326 g/mol. The van der Waals surface area contributed by atoms with E-state index in [4.69, 9.17) is 4.74 Å². The van der Waals surface area contributed by atoms with Crippen LogP contribution in [0, 0.1) is 0 Å². The van der Waals surface area contributed by atoms with Gasteiger partial charge in [-0.2, -0.15) is 0 Å². The maximum absolute atomic E-state index is 12.7. The van der Waals surface area contributed by atoms with Crippen molar-refractivity contribution < 1.29 is 9.53 Å². The standard InChI is InChI=1S/C21H33N3O2/c1-6-8-15(16-13-23-19(16)17-11-14(2)12-22-17)18-9-7-10-24(18)20(25)26-21(3,4)5/h8,12,17-18,22-23H,6-7,9-11,13H2,1-5H3/b15-8+/t17-,18+/m1/s1. The molecule has 0 radical (unpaired) electrons. The fourth-order valence-corrected chi connectivity index (χ4v) is 4.05. The highest BCUT2D eigenvalue weighted by molar-refractivity contribution is 5.70. The van der Waals surface area contributed by atoms with Crippen molar-refractivity contribution in [3.63, 3.8) is 0 Å². The molecule has 0 saturated carbocycles. The van der Waals surface area contributed by atoms with Gasteiger partial charge in [-0.25, -0.2) is 4.79 Å². The Labute approximate surface area is 157 Å². The summed E-state index contributed by atoms with van der Waals surface area (Å²) in [6, 6.07) is 0.475. The predicted molar refractivity (Wildman–Crippen MR) is 105 cm³/mol. The van der Waals surface area contributed by atoms with Crippen LogP contribution in [0.4, 0.5) is 4.79 Å². The second kappa shape index (κ2) is 7.37. The molecule has 5 heteroatoms. The molecule has 3 aliphatic rings. The number of carbonyl (C=O) groups excluding carboxylic acids is 1. The Morgan fingerprint density at radius 1 is 1.42 bits per heavy atom.